The van der Waals surface area contributed by atoms with Crippen molar-refractivity contribution in [2.24, 2.45) is 0 Å². The van der Waals surface area contributed by atoms with Gasteiger partial charge in [-0.15, -0.1) is 0 Å². The lowest BCUT2D eigenvalue weighted by molar-refractivity contribution is -0.199. The predicted molar refractivity (Wildman–Crippen MR) is 143 cm³/mol. The van der Waals surface area contributed by atoms with E-state index in [4.69, 9.17) is 14.2 Å². The molecule has 2 N–H and O–H groups in total. The van der Waals surface area contributed by atoms with Crippen molar-refractivity contribution in [1.82, 2.24) is 29.7 Å². The number of aromatic nitrogens is 4. The third kappa shape index (κ3) is 4.42. The second-order valence-electron chi connectivity index (χ2n) is 11.5. The molecule has 4 aliphatic heterocycles. The van der Waals surface area contributed by atoms with E-state index in [1.807, 2.05) is 36.6 Å². The van der Waals surface area contributed by atoms with Gasteiger partial charge in [-0.1, -0.05) is 18.2 Å². The Morgan fingerprint density at radius 3 is 2.69 bits per heavy atom. The van der Waals surface area contributed by atoms with Gasteiger partial charge in [-0.05, 0) is 71.3 Å². The third-order valence-corrected chi connectivity index (χ3v) is 8.70. The number of piperidine rings is 1. The molecule has 4 fully saturated rings. The van der Waals surface area contributed by atoms with E-state index in [-0.39, 0.29) is 29.8 Å². The lowest BCUT2D eigenvalue weighted by Gasteiger charge is -2.43. The quantitative estimate of drug-likeness (QED) is 0.511. The molecule has 4 saturated heterocycles. The van der Waals surface area contributed by atoms with Crippen LogP contribution in [-0.4, -0.2) is 86.1 Å². The molecule has 11 heteroatoms. The maximum absolute atomic E-state index is 12.8. The van der Waals surface area contributed by atoms with Gasteiger partial charge in [0.2, 0.25) is 0 Å². The van der Waals surface area contributed by atoms with E-state index >= 15 is 0 Å². The Hall–Kier alpha value is -2.96. The molecule has 4 aliphatic rings. The van der Waals surface area contributed by atoms with Gasteiger partial charge in [0.05, 0.1) is 6.33 Å². The average molecular weight is 534 g/mol. The summed E-state index contributed by atoms with van der Waals surface area (Å²) >= 11 is 0. The highest BCUT2D eigenvalue weighted by Gasteiger charge is 2.57. The van der Waals surface area contributed by atoms with Crippen LogP contribution in [0.4, 0.5) is 5.82 Å². The van der Waals surface area contributed by atoms with E-state index in [0.29, 0.717) is 22.5 Å². The van der Waals surface area contributed by atoms with E-state index in [0.717, 1.165) is 26.2 Å². The third-order valence-electron chi connectivity index (χ3n) is 8.70. The summed E-state index contributed by atoms with van der Waals surface area (Å²) in [4.78, 5) is 28.8. The monoisotopic (exact) mass is 533 g/mol. The molecule has 0 radical (unpaired) electrons. The number of likely N-dealkylation sites (tertiary alicyclic amines) is 1. The van der Waals surface area contributed by atoms with Crippen molar-refractivity contribution in [3.63, 3.8) is 0 Å². The van der Waals surface area contributed by atoms with Crippen LogP contribution < -0.4 is 10.6 Å². The molecule has 39 heavy (non-hydrogen) atoms. The number of fused-ring (bicyclic) bond motifs is 2. The van der Waals surface area contributed by atoms with Crippen molar-refractivity contribution in [1.29, 1.82) is 0 Å². The van der Waals surface area contributed by atoms with Gasteiger partial charge in [-0.2, -0.15) is 0 Å². The zero-order valence-electron chi connectivity index (χ0n) is 22.4. The van der Waals surface area contributed by atoms with E-state index in [2.05, 4.69) is 30.5 Å². The highest BCUT2D eigenvalue weighted by Crippen LogP contribution is 2.46. The van der Waals surface area contributed by atoms with Gasteiger partial charge < -0.3 is 24.8 Å². The smallest absolute Gasteiger partial charge is 0.256 e. The molecule has 2 aromatic heterocycles. The second-order valence-corrected chi connectivity index (χ2v) is 11.5. The maximum atomic E-state index is 12.8. The average Bonchev–Trinajstić information content (AvgIpc) is 3.69. The fraction of sp³-hybridized carbons (Fsp3) is 0.571. The number of rotatable bonds is 5. The number of ether oxygens (including phenoxy) is 3. The minimum atomic E-state index is -0.715. The number of carbonyl (C=O) groups excluding carboxylic acids is 1. The molecule has 4 atom stereocenters. The number of hydrogen-bond donors (Lipinski definition) is 2. The predicted octanol–water partition coefficient (Wildman–Crippen LogP) is 2.71. The number of imidazole rings is 1. The van der Waals surface area contributed by atoms with Crippen LogP contribution in [0.2, 0.25) is 0 Å². The van der Waals surface area contributed by atoms with E-state index < -0.39 is 12.0 Å². The van der Waals surface area contributed by atoms with Crippen LogP contribution in [0.5, 0.6) is 0 Å². The molecule has 0 unspecified atom stereocenters. The Morgan fingerprint density at radius 2 is 1.87 bits per heavy atom. The fourth-order valence-electron chi connectivity index (χ4n) is 6.88. The molecule has 7 rings (SSSR count). The molecule has 3 aromatic rings. The second kappa shape index (κ2) is 9.60. The minimum absolute atomic E-state index is 0.150. The van der Waals surface area contributed by atoms with Crippen LogP contribution in [-0.2, 0) is 14.2 Å². The van der Waals surface area contributed by atoms with Crippen LogP contribution in [0.25, 0.3) is 11.2 Å². The van der Waals surface area contributed by atoms with Crippen molar-refractivity contribution in [2.75, 3.05) is 31.5 Å². The van der Waals surface area contributed by atoms with Crippen LogP contribution in [0.1, 0.15) is 56.1 Å². The number of carbonyl (C=O) groups is 1. The molecule has 1 aromatic carbocycles. The van der Waals surface area contributed by atoms with Gasteiger partial charge in [0.1, 0.15) is 24.6 Å². The standard InChI is InChI=1S/C28H35N7O4/c1-27(2)38-21-19(15-34-14-6-9-28(34)10-12-29-13-11-28)37-26(22(21)39-27)35-17-32-20-23(30-16-31-24(20)35)33-25(36)18-7-4-3-5-8-18/h3-5,7-8,16-17,19,21-22,26,29H,6,9-15H2,1-2H3,(H,30,31,33,36)/t19-,21-,22-,26-/m1/s1. The first-order chi connectivity index (χ1) is 18.9. The molecular formula is C28H35N7O4. The molecule has 0 aliphatic carbocycles. The van der Waals surface area contributed by atoms with Crippen molar-refractivity contribution >= 4 is 22.9 Å². The van der Waals surface area contributed by atoms with E-state index in [1.54, 1.807) is 18.5 Å². The zero-order valence-corrected chi connectivity index (χ0v) is 22.4. The van der Waals surface area contributed by atoms with Gasteiger partial charge in [-0.3, -0.25) is 14.3 Å². The molecule has 1 amide bonds. The van der Waals surface area contributed by atoms with Crippen LogP contribution in [0.15, 0.2) is 43.0 Å². The molecule has 1 spiro atoms. The summed E-state index contributed by atoms with van der Waals surface area (Å²) in [7, 11) is 0. The van der Waals surface area contributed by atoms with Gasteiger partial charge in [0.15, 0.2) is 29.0 Å². The Morgan fingerprint density at radius 1 is 1.08 bits per heavy atom. The number of amides is 1. The van der Waals surface area contributed by atoms with E-state index in [1.165, 1.54) is 32.0 Å². The number of hydrogen-bond acceptors (Lipinski definition) is 9. The Labute approximate surface area is 227 Å². The van der Waals surface area contributed by atoms with Gasteiger partial charge in [0.25, 0.3) is 5.91 Å². The summed E-state index contributed by atoms with van der Waals surface area (Å²) in [6.45, 7) is 7.92. The molecule has 6 heterocycles. The fourth-order valence-corrected chi connectivity index (χ4v) is 6.88. The van der Waals surface area contributed by atoms with Crippen LogP contribution >= 0.6 is 0 Å². The maximum Gasteiger partial charge on any atom is 0.256 e. The van der Waals surface area contributed by atoms with E-state index in [9.17, 15) is 4.79 Å². The summed E-state index contributed by atoms with van der Waals surface area (Å²) in [5, 5.41) is 6.39. The molecular weight excluding hydrogens is 498 g/mol. The Bertz CT molecular complexity index is 1360. The molecule has 0 saturated carbocycles. The van der Waals surface area contributed by atoms with Gasteiger partial charge >= 0.3 is 0 Å². The Kier molecular flexibility index (Phi) is 6.16. The van der Waals surface area contributed by atoms with Crippen LogP contribution in [0, 0.1) is 0 Å². The molecule has 0 bridgehead atoms. The molecule has 11 nitrogen and oxygen atoms in total. The van der Waals surface area contributed by atoms with Crippen LogP contribution in [0.3, 0.4) is 0 Å². The van der Waals surface area contributed by atoms with Gasteiger partial charge in [0, 0.05) is 17.6 Å². The summed E-state index contributed by atoms with van der Waals surface area (Å²) in [5.74, 6) is -0.616. The topological polar surface area (TPSA) is 116 Å². The first kappa shape index (κ1) is 25.0. The highest BCUT2D eigenvalue weighted by molar-refractivity contribution is 6.06. The summed E-state index contributed by atoms with van der Waals surface area (Å²) in [5.41, 5.74) is 1.86. The number of nitrogens with one attached hydrogen (secondary N) is 2. The number of benzene rings is 1. The zero-order chi connectivity index (χ0) is 26.6. The normalized spacial score (nSPS) is 29.7. The van der Waals surface area contributed by atoms with Gasteiger partial charge in [-0.25, -0.2) is 15.0 Å². The first-order valence-corrected chi connectivity index (χ1v) is 13.9. The summed E-state index contributed by atoms with van der Waals surface area (Å²) in [6.07, 6.45) is 6.78. The minimum Gasteiger partial charge on any atom is -0.348 e. The van der Waals surface area contributed by atoms with Crippen molar-refractivity contribution in [3.8, 4) is 0 Å². The summed E-state index contributed by atoms with van der Waals surface area (Å²) < 4.78 is 21.5. The largest absolute Gasteiger partial charge is 0.348 e. The highest BCUT2D eigenvalue weighted by atomic mass is 16.8. The SMILES string of the molecule is CC1(C)O[C@@H]2[C@H](O1)[C@@H](CN1CCCC13CCNCC3)O[C@H]2n1cnc2c(NC(=O)c3ccccc3)ncnc21. The lowest BCUT2D eigenvalue weighted by Crippen LogP contribution is -2.54. The van der Waals surface area contributed by atoms with Crippen molar-refractivity contribution in [2.45, 2.75) is 75.4 Å². The number of nitrogens with zero attached hydrogens (tertiary/aromatic N) is 5. The van der Waals surface area contributed by atoms with Crippen molar-refractivity contribution in [3.05, 3.63) is 48.5 Å². The number of anilines is 1. The Balaban J connectivity index is 1.16. The lowest BCUT2D eigenvalue weighted by atomic mass is 9.85. The molecule has 206 valence electrons. The first-order valence-electron chi connectivity index (χ1n) is 13.9. The van der Waals surface area contributed by atoms with Crippen molar-refractivity contribution < 1.29 is 19.0 Å². The summed E-state index contributed by atoms with van der Waals surface area (Å²) in [6, 6.07) is 9.03.